The topological polar surface area (TPSA) is 92.2 Å². The Morgan fingerprint density at radius 2 is 1.79 bits per heavy atom. The number of phenolic OH excluding ortho intramolecular Hbond substituents is 1. The van der Waals surface area contributed by atoms with Gasteiger partial charge < -0.3 is 19.9 Å². The molecule has 126 valence electrons. The first-order chi connectivity index (χ1) is 11.6. The lowest BCUT2D eigenvalue weighted by Gasteiger charge is -2.06. The van der Waals surface area contributed by atoms with Crippen molar-refractivity contribution >= 4 is 17.8 Å². The van der Waals surface area contributed by atoms with Gasteiger partial charge in [0.1, 0.15) is 17.2 Å². The number of benzene rings is 2. The number of hydrazone groups is 1. The predicted octanol–water partition coefficient (Wildman–Crippen LogP) is 1.97. The van der Waals surface area contributed by atoms with Crippen LogP contribution >= 0.6 is 0 Å². The van der Waals surface area contributed by atoms with Crippen LogP contribution in [0.1, 0.15) is 5.56 Å². The van der Waals surface area contributed by atoms with E-state index in [0.29, 0.717) is 11.3 Å². The molecular formula is C17H19N3O4. The lowest BCUT2D eigenvalue weighted by Crippen LogP contribution is -2.25. The molecule has 1 amide bonds. The van der Waals surface area contributed by atoms with Gasteiger partial charge in [0.25, 0.3) is 5.91 Å². The molecule has 3 N–H and O–H groups in total. The van der Waals surface area contributed by atoms with Crippen molar-refractivity contribution in [3.63, 3.8) is 0 Å². The quantitative estimate of drug-likeness (QED) is 0.533. The number of amides is 1. The zero-order valence-corrected chi connectivity index (χ0v) is 13.4. The van der Waals surface area contributed by atoms with Gasteiger partial charge in [-0.05, 0) is 42.5 Å². The molecule has 0 aliphatic rings. The van der Waals surface area contributed by atoms with Crippen LogP contribution in [0.3, 0.4) is 0 Å². The van der Waals surface area contributed by atoms with E-state index in [2.05, 4.69) is 15.8 Å². The Hall–Kier alpha value is -3.22. The van der Waals surface area contributed by atoms with Crippen molar-refractivity contribution < 1.29 is 19.4 Å². The van der Waals surface area contributed by atoms with Crippen LogP contribution in [-0.2, 0) is 4.79 Å². The molecule has 0 saturated carbocycles. The van der Waals surface area contributed by atoms with Crippen LogP contribution in [0.25, 0.3) is 0 Å². The third kappa shape index (κ3) is 4.91. The number of anilines is 1. The normalized spacial score (nSPS) is 10.4. The summed E-state index contributed by atoms with van der Waals surface area (Å²) in [6.07, 6.45) is 1.35. The van der Waals surface area contributed by atoms with E-state index in [1.807, 2.05) is 12.1 Å². The molecule has 24 heavy (non-hydrogen) atoms. The largest absolute Gasteiger partial charge is 0.507 e. The molecule has 0 aliphatic heterocycles. The zero-order chi connectivity index (χ0) is 17.4. The highest BCUT2D eigenvalue weighted by molar-refractivity contribution is 5.86. The second kappa shape index (κ2) is 8.42. The number of hydrogen-bond acceptors (Lipinski definition) is 6. The number of hydrogen-bond donors (Lipinski definition) is 3. The number of rotatable bonds is 7. The summed E-state index contributed by atoms with van der Waals surface area (Å²) in [6.45, 7) is 0.0633. The fraction of sp³-hybridized carbons (Fsp3) is 0.176. The van der Waals surface area contributed by atoms with E-state index < -0.39 is 0 Å². The SMILES string of the molecule is COc1ccc(NCC(=O)N/N=C/c2cc(OC)ccc2O)cc1. The highest BCUT2D eigenvalue weighted by Crippen LogP contribution is 2.20. The summed E-state index contributed by atoms with van der Waals surface area (Å²) in [5, 5.41) is 16.5. The molecule has 0 heterocycles. The molecule has 0 radical (unpaired) electrons. The van der Waals surface area contributed by atoms with E-state index in [1.165, 1.54) is 19.4 Å². The van der Waals surface area contributed by atoms with Crippen LogP contribution in [0.15, 0.2) is 47.6 Å². The number of aromatic hydroxyl groups is 1. The van der Waals surface area contributed by atoms with Gasteiger partial charge in [0.2, 0.25) is 0 Å². The molecule has 2 rings (SSSR count). The molecule has 0 unspecified atom stereocenters. The van der Waals surface area contributed by atoms with Gasteiger partial charge in [-0.15, -0.1) is 0 Å². The molecule has 0 saturated heterocycles. The van der Waals surface area contributed by atoms with E-state index in [0.717, 1.165) is 11.4 Å². The Balaban J connectivity index is 1.84. The minimum absolute atomic E-state index is 0.0464. The van der Waals surface area contributed by atoms with Gasteiger partial charge in [0, 0.05) is 11.3 Å². The molecule has 0 atom stereocenters. The maximum Gasteiger partial charge on any atom is 0.259 e. The Labute approximate surface area is 139 Å². The number of carbonyl (C=O) groups is 1. The summed E-state index contributed by atoms with van der Waals surface area (Å²) in [5.41, 5.74) is 3.61. The highest BCUT2D eigenvalue weighted by atomic mass is 16.5. The molecular weight excluding hydrogens is 310 g/mol. The van der Waals surface area contributed by atoms with Crippen LogP contribution in [0.2, 0.25) is 0 Å². The van der Waals surface area contributed by atoms with Crippen LogP contribution in [0, 0.1) is 0 Å². The lowest BCUT2D eigenvalue weighted by atomic mass is 10.2. The van der Waals surface area contributed by atoms with Gasteiger partial charge in [0.05, 0.1) is 27.0 Å². The lowest BCUT2D eigenvalue weighted by molar-refractivity contribution is -0.119. The molecule has 2 aromatic rings. The summed E-state index contributed by atoms with van der Waals surface area (Å²) in [6, 6.07) is 11.9. The Morgan fingerprint density at radius 1 is 1.12 bits per heavy atom. The van der Waals surface area contributed by atoms with Gasteiger partial charge in [-0.2, -0.15) is 5.10 Å². The Morgan fingerprint density at radius 3 is 2.46 bits per heavy atom. The van der Waals surface area contributed by atoms with Crippen LogP contribution in [0.5, 0.6) is 17.2 Å². The van der Waals surface area contributed by atoms with Crippen molar-refractivity contribution in [2.75, 3.05) is 26.1 Å². The third-order valence-corrected chi connectivity index (χ3v) is 3.17. The van der Waals surface area contributed by atoms with Gasteiger partial charge in [-0.3, -0.25) is 4.79 Å². The fourth-order valence-electron chi connectivity index (χ4n) is 1.87. The number of nitrogens with one attached hydrogen (secondary N) is 2. The molecule has 2 aromatic carbocycles. The summed E-state index contributed by atoms with van der Waals surface area (Å²) in [4.78, 5) is 11.7. The van der Waals surface area contributed by atoms with Crippen molar-refractivity contribution in [3.05, 3.63) is 48.0 Å². The first-order valence-corrected chi connectivity index (χ1v) is 7.19. The van der Waals surface area contributed by atoms with E-state index in [9.17, 15) is 9.90 Å². The summed E-state index contributed by atoms with van der Waals surface area (Å²) >= 11 is 0. The standard InChI is InChI=1S/C17H19N3O4/c1-23-14-5-3-13(4-6-14)18-11-17(22)20-19-10-12-9-15(24-2)7-8-16(12)21/h3-10,18,21H,11H2,1-2H3,(H,20,22)/b19-10+. The number of nitrogens with zero attached hydrogens (tertiary/aromatic N) is 1. The van der Waals surface area contributed by atoms with E-state index >= 15 is 0 Å². The van der Waals surface area contributed by atoms with Crippen LogP contribution < -0.4 is 20.2 Å². The molecule has 0 spiro atoms. The highest BCUT2D eigenvalue weighted by Gasteiger charge is 2.02. The average Bonchev–Trinajstić information content (AvgIpc) is 2.62. The maximum atomic E-state index is 11.7. The number of methoxy groups -OCH3 is 2. The van der Waals surface area contributed by atoms with Gasteiger partial charge in [-0.1, -0.05) is 0 Å². The van der Waals surface area contributed by atoms with Crippen molar-refractivity contribution in [2.24, 2.45) is 5.10 Å². The first-order valence-electron chi connectivity index (χ1n) is 7.19. The number of carbonyl (C=O) groups excluding carboxylic acids is 1. The predicted molar refractivity (Wildman–Crippen MR) is 91.9 cm³/mol. The fourth-order valence-corrected chi connectivity index (χ4v) is 1.87. The minimum Gasteiger partial charge on any atom is -0.507 e. The van der Waals surface area contributed by atoms with E-state index in [4.69, 9.17) is 9.47 Å². The summed E-state index contributed by atoms with van der Waals surface area (Å²) < 4.78 is 10.1. The van der Waals surface area contributed by atoms with Crippen molar-refractivity contribution in [1.82, 2.24) is 5.43 Å². The Kier molecular flexibility index (Phi) is 6.01. The minimum atomic E-state index is -0.315. The maximum absolute atomic E-state index is 11.7. The monoisotopic (exact) mass is 329 g/mol. The smallest absolute Gasteiger partial charge is 0.259 e. The van der Waals surface area contributed by atoms with Gasteiger partial charge in [0.15, 0.2) is 0 Å². The number of phenols is 1. The van der Waals surface area contributed by atoms with Crippen LogP contribution in [0.4, 0.5) is 5.69 Å². The summed E-state index contributed by atoms with van der Waals surface area (Å²) in [7, 11) is 3.12. The molecule has 0 bridgehead atoms. The second-order valence-corrected chi connectivity index (χ2v) is 4.80. The number of ether oxygens (including phenoxy) is 2. The van der Waals surface area contributed by atoms with Crippen molar-refractivity contribution in [2.45, 2.75) is 0 Å². The molecule has 0 aliphatic carbocycles. The third-order valence-electron chi connectivity index (χ3n) is 3.17. The summed E-state index contributed by atoms with van der Waals surface area (Å²) in [5.74, 6) is 1.06. The van der Waals surface area contributed by atoms with E-state index in [-0.39, 0.29) is 18.2 Å². The zero-order valence-electron chi connectivity index (χ0n) is 13.4. The molecule has 0 fully saturated rings. The van der Waals surface area contributed by atoms with Gasteiger partial charge >= 0.3 is 0 Å². The van der Waals surface area contributed by atoms with Crippen molar-refractivity contribution in [1.29, 1.82) is 0 Å². The molecule has 0 aromatic heterocycles. The van der Waals surface area contributed by atoms with Crippen LogP contribution in [-0.4, -0.2) is 38.0 Å². The van der Waals surface area contributed by atoms with E-state index in [1.54, 1.807) is 31.4 Å². The second-order valence-electron chi connectivity index (χ2n) is 4.80. The Bertz CT molecular complexity index is 714. The van der Waals surface area contributed by atoms with Gasteiger partial charge in [-0.25, -0.2) is 5.43 Å². The molecule has 7 nitrogen and oxygen atoms in total. The first kappa shape index (κ1) is 17.1. The average molecular weight is 329 g/mol. The van der Waals surface area contributed by atoms with Crippen molar-refractivity contribution in [3.8, 4) is 17.2 Å². The molecule has 7 heteroatoms.